The van der Waals surface area contributed by atoms with E-state index >= 15 is 0 Å². The summed E-state index contributed by atoms with van der Waals surface area (Å²) >= 11 is 5.89. The summed E-state index contributed by atoms with van der Waals surface area (Å²) in [7, 11) is 0. The molecule has 92 valence electrons. The quantitative estimate of drug-likeness (QED) is 0.872. The lowest BCUT2D eigenvalue weighted by molar-refractivity contribution is 0.100. The Morgan fingerprint density at radius 2 is 1.78 bits per heavy atom. The van der Waals surface area contributed by atoms with E-state index < -0.39 is 5.91 Å². The maximum atomic E-state index is 11.2. The fourth-order valence-corrected chi connectivity index (χ4v) is 1.94. The monoisotopic (exact) mass is 261 g/mol. The second kappa shape index (κ2) is 4.70. The van der Waals surface area contributed by atoms with Gasteiger partial charge < -0.3 is 10.8 Å². The number of nitrogens with two attached hydrogens (primary N) is 1. The minimum atomic E-state index is -0.558. The van der Waals surface area contributed by atoms with E-state index in [1.807, 2.05) is 13.0 Å². The third-order valence-corrected chi connectivity index (χ3v) is 3.09. The van der Waals surface area contributed by atoms with Crippen molar-refractivity contribution in [3.63, 3.8) is 0 Å². The van der Waals surface area contributed by atoms with Crippen molar-refractivity contribution in [1.29, 1.82) is 0 Å². The molecule has 1 amide bonds. The number of rotatable bonds is 2. The summed E-state index contributed by atoms with van der Waals surface area (Å²) in [5, 5.41) is 9.82. The van der Waals surface area contributed by atoms with Crippen molar-refractivity contribution in [3.8, 4) is 16.9 Å². The third-order valence-electron chi connectivity index (χ3n) is 2.76. The van der Waals surface area contributed by atoms with Gasteiger partial charge in [0, 0.05) is 0 Å². The first-order valence-electron chi connectivity index (χ1n) is 5.38. The van der Waals surface area contributed by atoms with E-state index in [0.717, 1.165) is 16.7 Å². The Balaban J connectivity index is 2.54. The number of amides is 1. The molecule has 0 bridgehead atoms. The molecule has 3 nitrogen and oxygen atoms in total. The van der Waals surface area contributed by atoms with Crippen LogP contribution in [0.15, 0.2) is 36.4 Å². The second-order valence-corrected chi connectivity index (χ2v) is 4.47. The number of carbonyl (C=O) groups excluding carboxylic acids is 1. The zero-order valence-electron chi connectivity index (χ0n) is 9.77. The van der Waals surface area contributed by atoms with Crippen LogP contribution < -0.4 is 5.73 Å². The molecule has 0 radical (unpaired) electrons. The van der Waals surface area contributed by atoms with Gasteiger partial charge in [0.2, 0.25) is 5.91 Å². The van der Waals surface area contributed by atoms with E-state index in [0.29, 0.717) is 10.6 Å². The Bertz CT molecular complexity index is 623. The van der Waals surface area contributed by atoms with Crippen LogP contribution in [-0.4, -0.2) is 11.0 Å². The van der Waals surface area contributed by atoms with Crippen LogP contribution in [0.4, 0.5) is 0 Å². The van der Waals surface area contributed by atoms with Gasteiger partial charge in [0.05, 0.1) is 10.6 Å². The van der Waals surface area contributed by atoms with Crippen molar-refractivity contribution in [2.75, 3.05) is 0 Å². The zero-order chi connectivity index (χ0) is 13.3. The molecule has 0 heterocycles. The fraction of sp³-hybridized carbons (Fsp3) is 0.0714. The van der Waals surface area contributed by atoms with Gasteiger partial charge >= 0.3 is 0 Å². The second-order valence-electron chi connectivity index (χ2n) is 4.06. The normalized spacial score (nSPS) is 10.3. The topological polar surface area (TPSA) is 63.3 Å². The summed E-state index contributed by atoms with van der Waals surface area (Å²) in [5.41, 5.74) is 8.03. The number of hydrogen-bond donors (Lipinski definition) is 2. The largest absolute Gasteiger partial charge is 0.508 e. The molecule has 0 spiro atoms. The number of phenols is 1. The van der Waals surface area contributed by atoms with Crippen LogP contribution in [0.25, 0.3) is 11.1 Å². The molecule has 0 aliphatic carbocycles. The Labute approximate surface area is 110 Å². The number of hydrogen-bond acceptors (Lipinski definition) is 2. The molecule has 0 saturated carbocycles. The first-order valence-corrected chi connectivity index (χ1v) is 5.76. The highest BCUT2D eigenvalue weighted by molar-refractivity contribution is 6.33. The molecule has 0 atom stereocenters. The van der Waals surface area contributed by atoms with E-state index in [4.69, 9.17) is 17.3 Å². The van der Waals surface area contributed by atoms with Crippen molar-refractivity contribution in [2.24, 2.45) is 5.73 Å². The molecule has 0 aliphatic heterocycles. The van der Waals surface area contributed by atoms with Gasteiger partial charge in [-0.05, 0) is 47.9 Å². The Morgan fingerprint density at radius 3 is 2.39 bits per heavy atom. The summed E-state index contributed by atoms with van der Waals surface area (Å²) in [4.78, 5) is 11.2. The molecule has 0 aromatic heterocycles. The highest BCUT2D eigenvalue weighted by Crippen LogP contribution is 2.28. The highest BCUT2D eigenvalue weighted by Gasteiger charge is 2.09. The van der Waals surface area contributed by atoms with E-state index in [9.17, 15) is 9.90 Å². The standard InChI is InChI=1S/C14H12ClNO2/c1-8-6-9(3-5-13(8)17)10-2-4-12(15)11(7-10)14(16)18/h2-7,17H,1H3,(H2,16,18). The lowest BCUT2D eigenvalue weighted by Crippen LogP contribution is -2.11. The lowest BCUT2D eigenvalue weighted by Gasteiger charge is -2.07. The van der Waals surface area contributed by atoms with E-state index in [-0.39, 0.29) is 5.75 Å². The molecule has 0 unspecified atom stereocenters. The van der Waals surface area contributed by atoms with Gasteiger partial charge in [-0.2, -0.15) is 0 Å². The van der Waals surface area contributed by atoms with Crippen LogP contribution in [0, 0.1) is 6.92 Å². The van der Waals surface area contributed by atoms with Gasteiger partial charge in [-0.3, -0.25) is 4.79 Å². The number of halogens is 1. The van der Waals surface area contributed by atoms with Gasteiger partial charge in [-0.25, -0.2) is 0 Å². The molecule has 0 fully saturated rings. The molecule has 3 N–H and O–H groups in total. The molecule has 2 rings (SSSR count). The van der Waals surface area contributed by atoms with Crippen molar-refractivity contribution in [2.45, 2.75) is 6.92 Å². The minimum absolute atomic E-state index is 0.239. The predicted molar refractivity (Wildman–Crippen MR) is 71.8 cm³/mol. The van der Waals surface area contributed by atoms with Crippen LogP contribution in [0.1, 0.15) is 15.9 Å². The smallest absolute Gasteiger partial charge is 0.250 e. The maximum Gasteiger partial charge on any atom is 0.250 e. The van der Waals surface area contributed by atoms with E-state index in [1.165, 1.54) is 0 Å². The molecule has 2 aromatic rings. The van der Waals surface area contributed by atoms with Crippen LogP contribution >= 0.6 is 11.6 Å². The number of carbonyl (C=O) groups is 1. The average molecular weight is 262 g/mol. The van der Waals surface area contributed by atoms with Gasteiger partial charge in [-0.1, -0.05) is 23.7 Å². The number of aromatic hydroxyl groups is 1. The van der Waals surface area contributed by atoms with Crippen molar-refractivity contribution >= 4 is 17.5 Å². The summed E-state index contributed by atoms with van der Waals surface area (Å²) in [6, 6.07) is 10.3. The molecule has 0 saturated heterocycles. The van der Waals surface area contributed by atoms with Crippen molar-refractivity contribution in [1.82, 2.24) is 0 Å². The molecule has 0 aliphatic rings. The fourth-order valence-electron chi connectivity index (χ4n) is 1.73. The van der Waals surface area contributed by atoms with E-state index in [2.05, 4.69) is 0 Å². The predicted octanol–water partition coefficient (Wildman–Crippen LogP) is 3.12. The van der Waals surface area contributed by atoms with Crippen molar-refractivity contribution < 1.29 is 9.90 Å². The summed E-state index contributed by atoms with van der Waals surface area (Å²) in [6.07, 6.45) is 0. The van der Waals surface area contributed by atoms with Crippen molar-refractivity contribution in [3.05, 3.63) is 52.5 Å². The van der Waals surface area contributed by atoms with Crippen LogP contribution in [-0.2, 0) is 0 Å². The van der Waals surface area contributed by atoms with Gasteiger partial charge in [-0.15, -0.1) is 0 Å². The molecular weight excluding hydrogens is 250 g/mol. The Hall–Kier alpha value is -2.00. The van der Waals surface area contributed by atoms with Crippen LogP contribution in [0.2, 0.25) is 5.02 Å². The molecule has 4 heteroatoms. The first-order chi connectivity index (χ1) is 8.49. The van der Waals surface area contributed by atoms with E-state index in [1.54, 1.807) is 30.3 Å². The molecular formula is C14H12ClNO2. The van der Waals surface area contributed by atoms with Crippen LogP contribution in [0.3, 0.4) is 0 Å². The average Bonchev–Trinajstić information content (AvgIpc) is 2.33. The number of benzene rings is 2. The maximum absolute atomic E-state index is 11.2. The minimum Gasteiger partial charge on any atom is -0.508 e. The lowest BCUT2D eigenvalue weighted by atomic mass is 10.0. The number of primary amides is 1. The molecule has 2 aromatic carbocycles. The SMILES string of the molecule is Cc1cc(-c2ccc(Cl)c(C(N)=O)c2)ccc1O. The van der Waals surface area contributed by atoms with Gasteiger partial charge in [0.1, 0.15) is 5.75 Å². The Kier molecular flexibility index (Phi) is 3.26. The summed E-state index contributed by atoms with van der Waals surface area (Å²) in [5.74, 6) is -0.319. The first kappa shape index (κ1) is 12.5. The molecule has 18 heavy (non-hydrogen) atoms. The van der Waals surface area contributed by atoms with Crippen LogP contribution in [0.5, 0.6) is 5.75 Å². The Morgan fingerprint density at radius 1 is 1.17 bits per heavy atom. The third kappa shape index (κ3) is 2.31. The zero-order valence-corrected chi connectivity index (χ0v) is 10.5. The van der Waals surface area contributed by atoms with Gasteiger partial charge in [0.15, 0.2) is 0 Å². The summed E-state index contributed by atoms with van der Waals surface area (Å²) < 4.78 is 0. The number of phenolic OH excluding ortho intramolecular Hbond substituents is 1. The number of aryl methyl sites for hydroxylation is 1. The summed E-state index contributed by atoms with van der Waals surface area (Å²) in [6.45, 7) is 1.81. The highest BCUT2D eigenvalue weighted by atomic mass is 35.5. The van der Waals surface area contributed by atoms with Gasteiger partial charge in [0.25, 0.3) is 0 Å².